The van der Waals surface area contributed by atoms with E-state index in [2.05, 4.69) is 10.4 Å². The van der Waals surface area contributed by atoms with E-state index in [0.717, 1.165) is 22.7 Å². The summed E-state index contributed by atoms with van der Waals surface area (Å²) in [5, 5.41) is 7.23. The van der Waals surface area contributed by atoms with Gasteiger partial charge in [-0.25, -0.2) is 9.07 Å². The predicted molar refractivity (Wildman–Crippen MR) is 97.3 cm³/mol. The van der Waals surface area contributed by atoms with Crippen LogP contribution in [-0.4, -0.2) is 29.3 Å². The number of amides is 1. The second-order valence-electron chi connectivity index (χ2n) is 5.91. The van der Waals surface area contributed by atoms with Crippen LogP contribution >= 0.6 is 0 Å². The summed E-state index contributed by atoms with van der Waals surface area (Å²) in [5.41, 5.74) is 3.04. The number of rotatable bonds is 6. The molecule has 0 radical (unpaired) electrons. The van der Waals surface area contributed by atoms with Crippen LogP contribution in [-0.2, 0) is 6.42 Å². The van der Waals surface area contributed by atoms with Gasteiger partial charge in [-0.3, -0.25) is 4.79 Å². The fourth-order valence-electron chi connectivity index (χ4n) is 2.63. The van der Waals surface area contributed by atoms with Crippen LogP contribution in [0.1, 0.15) is 21.7 Å². The van der Waals surface area contributed by atoms with Crippen LogP contribution < -0.4 is 10.1 Å². The van der Waals surface area contributed by atoms with Crippen molar-refractivity contribution in [1.82, 2.24) is 15.1 Å². The Morgan fingerprint density at radius 2 is 1.85 bits per heavy atom. The summed E-state index contributed by atoms with van der Waals surface area (Å²) in [4.78, 5) is 12.3. The number of aromatic nitrogens is 2. The summed E-state index contributed by atoms with van der Waals surface area (Å²) < 4.78 is 19.8. The molecule has 0 aliphatic carbocycles. The van der Waals surface area contributed by atoms with E-state index in [4.69, 9.17) is 4.74 Å². The molecule has 0 saturated carbocycles. The molecule has 3 aromatic rings. The van der Waals surface area contributed by atoms with Gasteiger partial charge in [-0.05, 0) is 61.4 Å². The smallest absolute Gasteiger partial charge is 0.271 e. The number of carbonyl (C=O) groups excluding carboxylic acids is 1. The van der Waals surface area contributed by atoms with E-state index in [9.17, 15) is 9.18 Å². The molecule has 26 heavy (non-hydrogen) atoms. The van der Waals surface area contributed by atoms with Crippen molar-refractivity contribution < 1.29 is 13.9 Å². The molecule has 0 fully saturated rings. The largest absolute Gasteiger partial charge is 0.497 e. The van der Waals surface area contributed by atoms with Gasteiger partial charge in [0.2, 0.25) is 0 Å². The molecule has 5 nitrogen and oxygen atoms in total. The Morgan fingerprint density at radius 3 is 2.50 bits per heavy atom. The van der Waals surface area contributed by atoms with Crippen molar-refractivity contribution in [3.8, 4) is 11.4 Å². The van der Waals surface area contributed by atoms with Crippen molar-refractivity contribution in [2.75, 3.05) is 13.7 Å². The first-order chi connectivity index (χ1) is 12.6. The van der Waals surface area contributed by atoms with Crippen LogP contribution in [0, 0.1) is 12.7 Å². The van der Waals surface area contributed by atoms with E-state index in [1.54, 1.807) is 30.0 Å². The standard InChI is InChI=1S/C20H20FN3O2/c1-14-13-19(23-24(14)17-7-9-18(26-2)10-8-17)20(25)22-12-11-15-3-5-16(21)6-4-15/h3-10,13H,11-12H2,1-2H3,(H,22,25). The first kappa shape index (κ1) is 17.7. The number of nitrogens with zero attached hydrogens (tertiary/aromatic N) is 2. The third-order valence-electron chi connectivity index (χ3n) is 4.05. The molecule has 0 atom stereocenters. The minimum Gasteiger partial charge on any atom is -0.497 e. The van der Waals surface area contributed by atoms with Crippen molar-refractivity contribution in [1.29, 1.82) is 0 Å². The molecule has 0 aliphatic rings. The second-order valence-corrected chi connectivity index (χ2v) is 5.91. The summed E-state index contributed by atoms with van der Waals surface area (Å²) in [6.45, 7) is 2.35. The highest BCUT2D eigenvalue weighted by Crippen LogP contribution is 2.16. The quantitative estimate of drug-likeness (QED) is 0.740. The molecule has 1 heterocycles. The average molecular weight is 353 g/mol. The number of ether oxygens (including phenoxy) is 1. The van der Waals surface area contributed by atoms with E-state index < -0.39 is 0 Å². The molecule has 0 saturated heterocycles. The number of carbonyl (C=O) groups is 1. The van der Waals surface area contributed by atoms with Gasteiger partial charge in [0.25, 0.3) is 5.91 Å². The number of nitrogens with one attached hydrogen (secondary N) is 1. The molecule has 6 heteroatoms. The van der Waals surface area contributed by atoms with Crippen LogP contribution in [0.2, 0.25) is 0 Å². The monoisotopic (exact) mass is 353 g/mol. The van der Waals surface area contributed by atoms with Crippen LogP contribution in [0.15, 0.2) is 54.6 Å². The molecule has 1 aromatic heterocycles. The maximum Gasteiger partial charge on any atom is 0.271 e. The molecule has 1 amide bonds. The van der Waals surface area contributed by atoms with Gasteiger partial charge in [-0.15, -0.1) is 0 Å². The Morgan fingerprint density at radius 1 is 1.15 bits per heavy atom. The molecular weight excluding hydrogens is 333 g/mol. The van der Waals surface area contributed by atoms with Gasteiger partial charge in [0.1, 0.15) is 11.6 Å². The summed E-state index contributed by atoms with van der Waals surface area (Å²) in [6, 6.07) is 15.5. The van der Waals surface area contributed by atoms with E-state index in [1.807, 2.05) is 31.2 Å². The Labute approximate surface area is 151 Å². The van der Waals surface area contributed by atoms with E-state index in [0.29, 0.717) is 18.7 Å². The fraction of sp³-hybridized carbons (Fsp3) is 0.200. The maximum absolute atomic E-state index is 12.9. The number of aryl methyl sites for hydroxylation is 1. The van der Waals surface area contributed by atoms with E-state index in [1.165, 1.54) is 12.1 Å². The van der Waals surface area contributed by atoms with Gasteiger partial charge in [-0.2, -0.15) is 5.10 Å². The van der Waals surface area contributed by atoms with Crippen LogP contribution in [0.3, 0.4) is 0 Å². The highest BCUT2D eigenvalue weighted by molar-refractivity contribution is 5.92. The summed E-state index contributed by atoms with van der Waals surface area (Å²) in [7, 11) is 1.61. The SMILES string of the molecule is COc1ccc(-n2nc(C(=O)NCCc3ccc(F)cc3)cc2C)cc1. The van der Waals surface area contributed by atoms with Crippen molar-refractivity contribution in [2.24, 2.45) is 0 Å². The Kier molecular flexibility index (Phi) is 5.31. The molecule has 0 unspecified atom stereocenters. The van der Waals surface area contributed by atoms with E-state index >= 15 is 0 Å². The lowest BCUT2D eigenvalue weighted by atomic mass is 10.1. The normalized spacial score (nSPS) is 10.6. The van der Waals surface area contributed by atoms with Gasteiger partial charge >= 0.3 is 0 Å². The third-order valence-corrected chi connectivity index (χ3v) is 4.05. The lowest BCUT2D eigenvalue weighted by Gasteiger charge is -2.06. The molecule has 2 aromatic carbocycles. The number of halogens is 1. The topological polar surface area (TPSA) is 56.2 Å². The number of hydrogen-bond acceptors (Lipinski definition) is 3. The lowest BCUT2D eigenvalue weighted by Crippen LogP contribution is -2.26. The van der Waals surface area contributed by atoms with Crippen molar-refractivity contribution in [3.63, 3.8) is 0 Å². The van der Waals surface area contributed by atoms with Gasteiger partial charge in [0.15, 0.2) is 5.69 Å². The molecule has 0 spiro atoms. The van der Waals surface area contributed by atoms with Crippen LogP contribution in [0.25, 0.3) is 5.69 Å². The molecule has 3 rings (SSSR count). The molecule has 1 N–H and O–H groups in total. The average Bonchev–Trinajstić information content (AvgIpc) is 3.05. The van der Waals surface area contributed by atoms with Crippen LogP contribution in [0.5, 0.6) is 5.75 Å². The minimum atomic E-state index is -0.266. The van der Waals surface area contributed by atoms with Gasteiger partial charge in [-0.1, -0.05) is 12.1 Å². The first-order valence-electron chi connectivity index (χ1n) is 8.30. The van der Waals surface area contributed by atoms with Crippen molar-refractivity contribution in [2.45, 2.75) is 13.3 Å². The Bertz CT molecular complexity index is 886. The molecule has 134 valence electrons. The van der Waals surface area contributed by atoms with Crippen molar-refractivity contribution in [3.05, 3.63) is 77.4 Å². The number of methoxy groups -OCH3 is 1. The fourth-order valence-corrected chi connectivity index (χ4v) is 2.63. The van der Waals surface area contributed by atoms with Gasteiger partial charge in [0.05, 0.1) is 12.8 Å². The Balaban J connectivity index is 1.63. The molecule has 0 bridgehead atoms. The second kappa shape index (κ2) is 7.82. The van der Waals surface area contributed by atoms with Crippen LogP contribution in [0.4, 0.5) is 4.39 Å². The zero-order chi connectivity index (χ0) is 18.5. The minimum absolute atomic E-state index is 0.234. The maximum atomic E-state index is 12.9. The number of benzene rings is 2. The summed E-state index contributed by atoms with van der Waals surface area (Å²) >= 11 is 0. The lowest BCUT2D eigenvalue weighted by molar-refractivity contribution is 0.0948. The zero-order valence-corrected chi connectivity index (χ0v) is 14.7. The summed E-state index contributed by atoms with van der Waals surface area (Å²) in [5.74, 6) is 0.261. The zero-order valence-electron chi connectivity index (χ0n) is 14.7. The third kappa shape index (κ3) is 4.08. The Hall–Kier alpha value is -3.15. The highest BCUT2D eigenvalue weighted by atomic mass is 19.1. The highest BCUT2D eigenvalue weighted by Gasteiger charge is 2.13. The molecule has 0 aliphatic heterocycles. The van der Waals surface area contributed by atoms with Gasteiger partial charge < -0.3 is 10.1 Å². The predicted octanol–water partition coefficient (Wildman–Crippen LogP) is 3.30. The van der Waals surface area contributed by atoms with Crippen molar-refractivity contribution >= 4 is 5.91 Å². The van der Waals surface area contributed by atoms with Gasteiger partial charge in [0, 0.05) is 12.2 Å². The summed E-state index contributed by atoms with van der Waals surface area (Å²) in [6.07, 6.45) is 0.629. The first-order valence-corrected chi connectivity index (χ1v) is 8.30. The van der Waals surface area contributed by atoms with E-state index in [-0.39, 0.29) is 11.7 Å². The number of hydrogen-bond donors (Lipinski definition) is 1. The molecular formula is C20H20FN3O2.